The molecule has 0 bridgehead atoms. The van der Waals surface area contributed by atoms with Crippen LogP contribution in [0.25, 0.3) is 6.08 Å². The summed E-state index contributed by atoms with van der Waals surface area (Å²) in [6.45, 7) is 7.88. The average Bonchev–Trinajstić information content (AvgIpc) is 3.40. The third-order valence-corrected chi connectivity index (χ3v) is 11.9. The maximum atomic E-state index is 13.8. The van der Waals surface area contributed by atoms with E-state index < -0.39 is 25.1 Å². The summed E-state index contributed by atoms with van der Waals surface area (Å²) in [5, 5.41) is -0.260. The molecule has 196 valence electrons. The van der Waals surface area contributed by atoms with Crippen molar-refractivity contribution in [2.24, 2.45) is 0 Å². The van der Waals surface area contributed by atoms with Gasteiger partial charge in [0.15, 0.2) is 5.03 Å². The van der Waals surface area contributed by atoms with E-state index in [1.807, 2.05) is 44.0 Å². The van der Waals surface area contributed by atoms with Crippen LogP contribution in [-0.4, -0.2) is 28.9 Å². The van der Waals surface area contributed by atoms with Gasteiger partial charge in [0.25, 0.3) is 0 Å². The van der Waals surface area contributed by atoms with Crippen molar-refractivity contribution in [2.45, 2.75) is 52.3 Å². The van der Waals surface area contributed by atoms with Gasteiger partial charge in [-0.05, 0) is 55.8 Å². The standard InChI is InChI=1S/C29H28N2O4S3/c1-19-10-14-21(15-11-19)37(32,33)27-25(18-26-29(3,4)23-8-6-7-9-24(23)31(26)5)36-28(30-27)38(34,35)22-16-12-20(2)13-17-22/h6-18H,1-5H3/b26-18+. The molecular formula is C29H28N2O4S3. The van der Waals surface area contributed by atoms with Crippen molar-refractivity contribution in [3.8, 4) is 0 Å². The van der Waals surface area contributed by atoms with Gasteiger partial charge in [0.1, 0.15) is 0 Å². The zero-order chi connectivity index (χ0) is 27.5. The second-order valence-electron chi connectivity index (χ2n) is 10.0. The van der Waals surface area contributed by atoms with E-state index in [0.717, 1.165) is 39.4 Å². The Morgan fingerprint density at radius 3 is 1.87 bits per heavy atom. The Hall–Kier alpha value is -3.27. The van der Waals surface area contributed by atoms with E-state index in [0.29, 0.717) is 0 Å². The summed E-state index contributed by atoms with van der Waals surface area (Å²) in [5.74, 6) is 0. The molecule has 0 fully saturated rings. The Morgan fingerprint density at radius 2 is 1.32 bits per heavy atom. The first-order chi connectivity index (χ1) is 17.8. The number of likely N-dealkylation sites (N-methyl/N-ethyl adjacent to an activating group) is 1. The predicted octanol–water partition coefficient (Wildman–Crippen LogP) is 6.19. The molecule has 38 heavy (non-hydrogen) atoms. The number of thiazole rings is 1. The molecule has 0 unspecified atom stereocenters. The molecule has 0 saturated carbocycles. The molecule has 0 N–H and O–H groups in total. The molecule has 0 saturated heterocycles. The van der Waals surface area contributed by atoms with Gasteiger partial charge >= 0.3 is 0 Å². The van der Waals surface area contributed by atoms with Crippen LogP contribution in [0.4, 0.5) is 5.69 Å². The monoisotopic (exact) mass is 564 g/mol. The third-order valence-electron chi connectivity index (χ3n) is 6.96. The minimum Gasteiger partial charge on any atom is -0.347 e. The van der Waals surface area contributed by atoms with E-state index in [1.165, 1.54) is 24.3 Å². The van der Waals surface area contributed by atoms with Crippen LogP contribution in [0.2, 0.25) is 0 Å². The van der Waals surface area contributed by atoms with Crippen LogP contribution in [0.15, 0.2) is 97.7 Å². The fourth-order valence-corrected chi connectivity index (χ4v) is 9.08. The second kappa shape index (κ2) is 9.18. The minimum atomic E-state index is -4.11. The van der Waals surface area contributed by atoms with Crippen LogP contribution in [0, 0.1) is 13.8 Å². The molecule has 0 aliphatic carbocycles. The van der Waals surface area contributed by atoms with Crippen LogP contribution >= 0.6 is 11.3 Å². The smallest absolute Gasteiger partial charge is 0.233 e. The van der Waals surface area contributed by atoms with E-state index in [4.69, 9.17) is 0 Å². The van der Waals surface area contributed by atoms with Crippen molar-refractivity contribution >= 4 is 42.8 Å². The molecule has 1 aliphatic rings. The van der Waals surface area contributed by atoms with E-state index in [9.17, 15) is 16.8 Å². The van der Waals surface area contributed by atoms with Gasteiger partial charge in [0, 0.05) is 23.8 Å². The highest BCUT2D eigenvalue weighted by Crippen LogP contribution is 2.48. The Bertz CT molecular complexity index is 1780. The van der Waals surface area contributed by atoms with E-state index in [-0.39, 0.29) is 24.0 Å². The van der Waals surface area contributed by atoms with Gasteiger partial charge < -0.3 is 4.90 Å². The zero-order valence-corrected chi connectivity index (χ0v) is 24.2. The van der Waals surface area contributed by atoms with E-state index in [2.05, 4.69) is 24.9 Å². The second-order valence-corrected chi connectivity index (χ2v) is 15.0. The van der Waals surface area contributed by atoms with Crippen molar-refractivity contribution in [3.63, 3.8) is 0 Å². The third kappa shape index (κ3) is 4.28. The maximum Gasteiger partial charge on any atom is 0.233 e. The Balaban J connectivity index is 1.73. The van der Waals surface area contributed by atoms with Gasteiger partial charge in [0.05, 0.1) is 14.7 Å². The number of aryl methyl sites for hydroxylation is 2. The van der Waals surface area contributed by atoms with Crippen LogP contribution in [0.3, 0.4) is 0 Å². The molecule has 9 heteroatoms. The summed E-state index contributed by atoms with van der Waals surface area (Å²) in [5.41, 5.74) is 4.37. The Kier molecular flexibility index (Phi) is 6.37. The molecule has 0 radical (unpaired) electrons. The van der Waals surface area contributed by atoms with Crippen LogP contribution < -0.4 is 4.90 Å². The zero-order valence-electron chi connectivity index (χ0n) is 21.8. The number of fused-ring (bicyclic) bond motifs is 1. The molecule has 2 heterocycles. The Morgan fingerprint density at radius 1 is 0.789 bits per heavy atom. The van der Waals surface area contributed by atoms with E-state index >= 15 is 0 Å². The van der Waals surface area contributed by atoms with Crippen LogP contribution in [0.5, 0.6) is 0 Å². The van der Waals surface area contributed by atoms with Gasteiger partial charge in [-0.1, -0.05) is 67.4 Å². The predicted molar refractivity (Wildman–Crippen MR) is 151 cm³/mol. The largest absolute Gasteiger partial charge is 0.347 e. The van der Waals surface area contributed by atoms with Crippen molar-refractivity contribution in [3.05, 3.63) is 100 Å². The fourth-order valence-electron chi connectivity index (χ4n) is 4.73. The summed E-state index contributed by atoms with van der Waals surface area (Å²) in [6.07, 6.45) is 1.77. The van der Waals surface area contributed by atoms with Gasteiger partial charge in [-0.2, -0.15) is 0 Å². The highest BCUT2D eigenvalue weighted by atomic mass is 32.2. The summed E-state index contributed by atoms with van der Waals surface area (Å²) < 4.78 is 54.5. The van der Waals surface area contributed by atoms with Gasteiger partial charge in [-0.25, -0.2) is 21.8 Å². The summed E-state index contributed by atoms with van der Waals surface area (Å²) >= 11 is 0.877. The van der Waals surface area contributed by atoms with Crippen molar-refractivity contribution in [1.29, 1.82) is 0 Å². The lowest BCUT2D eigenvalue weighted by Crippen LogP contribution is -2.22. The lowest BCUT2D eigenvalue weighted by atomic mass is 9.84. The number of sulfone groups is 2. The maximum absolute atomic E-state index is 13.8. The Labute approximate surface area is 228 Å². The number of benzene rings is 3. The number of rotatable bonds is 5. The molecule has 0 amide bonds. The first kappa shape index (κ1) is 26.3. The minimum absolute atomic E-state index is 0.0645. The van der Waals surface area contributed by atoms with Crippen molar-refractivity contribution in [2.75, 3.05) is 11.9 Å². The molecule has 1 aliphatic heterocycles. The molecule has 3 aromatic carbocycles. The van der Waals surface area contributed by atoms with Crippen molar-refractivity contribution in [1.82, 2.24) is 4.98 Å². The van der Waals surface area contributed by atoms with E-state index in [1.54, 1.807) is 30.3 Å². The average molecular weight is 565 g/mol. The van der Waals surface area contributed by atoms with Crippen LogP contribution in [0.1, 0.15) is 35.4 Å². The summed E-state index contributed by atoms with van der Waals surface area (Å²) in [4.78, 5) is 6.73. The lowest BCUT2D eigenvalue weighted by molar-refractivity contribution is 0.589. The highest BCUT2D eigenvalue weighted by molar-refractivity contribution is 7.94. The number of aromatic nitrogens is 1. The molecule has 0 atom stereocenters. The number of para-hydroxylation sites is 1. The summed E-state index contributed by atoms with van der Waals surface area (Å²) in [7, 11) is -6.21. The molecule has 1 aromatic heterocycles. The van der Waals surface area contributed by atoms with Crippen molar-refractivity contribution < 1.29 is 16.8 Å². The number of hydrogen-bond donors (Lipinski definition) is 0. The molecule has 0 spiro atoms. The summed E-state index contributed by atoms with van der Waals surface area (Å²) in [6, 6.07) is 20.9. The number of hydrogen-bond acceptors (Lipinski definition) is 7. The van der Waals surface area contributed by atoms with Gasteiger partial charge in [-0.3, -0.25) is 0 Å². The lowest BCUT2D eigenvalue weighted by Gasteiger charge is -2.24. The SMILES string of the molecule is Cc1ccc(S(=O)(=O)c2nc(S(=O)(=O)c3ccc(C)cc3)c(/C=C3/N(C)c4ccccc4C3(C)C)s2)cc1. The highest BCUT2D eigenvalue weighted by Gasteiger charge is 2.39. The fraction of sp³-hybridized carbons (Fsp3) is 0.207. The van der Waals surface area contributed by atoms with Gasteiger partial charge in [0.2, 0.25) is 24.0 Å². The molecule has 5 rings (SSSR count). The first-order valence-corrected chi connectivity index (χ1v) is 15.8. The first-order valence-electron chi connectivity index (χ1n) is 12.0. The van der Waals surface area contributed by atoms with Crippen LogP contribution in [-0.2, 0) is 25.1 Å². The normalized spacial score (nSPS) is 16.1. The molecular weight excluding hydrogens is 537 g/mol. The topological polar surface area (TPSA) is 84.4 Å². The number of nitrogens with zero attached hydrogens (tertiary/aromatic N) is 2. The quantitative estimate of drug-likeness (QED) is 0.287. The molecule has 6 nitrogen and oxygen atoms in total. The number of allylic oxidation sites excluding steroid dienone is 1. The van der Waals surface area contributed by atoms with Gasteiger partial charge in [-0.15, -0.1) is 11.3 Å². The number of anilines is 1. The molecule has 4 aromatic rings.